The topological polar surface area (TPSA) is 83.6 Å². The Morgan fingerprint density at radius 2 is 1.76 bits per heavy atom. The van der Waals surface area contributed by atoms with Gasteiger partial charge in [0.15, 0.2) is 0 Å². The third kappa shape index (κ3) is 2.91. The molecule has 0 radical (unpaired) electrons. The van der Waals surface area contributed by atoms with Gasteiger partial charge >= 0.3 is 0 Å². The first-order valence-electron chi connectivity index (χ1n) is 6.07. The van der Waals surface area contributed by atoms with Crippen molar-refractivity contribution >= 4 is 33.0 Å². The van der Waals surface area contributed by atoms with Crippen LogP contribution in [0.3, 0.4) is 0 Å². The van der Waals surface area contributed by atoms with Crippen molar-refractivity contribution < 1.29 is 13.5 Å². The van der Waals surface area contributed by atoms with Crippen molar-refractivity contribution in [1.29, 1.82) is 0 Å². The molecule has 0 fully saturated rings. The van der Waals surface area contributed by atoms with Crippen LogP contribution in [-0.2, 0) is 10.0 Å². The quantitative estimate of drug-likeness (QED) is 0.849. The second kappa shape index (κ2) is 5.46. The lowest BCUT2D eigenvalue weighted by atomic mass is 10.2. The summed E-state index contributed by atoms with van der Waals surface area (Å²) in [5, 5.41) is 9.61. The molecule has 0 spiro atoms. The highest BCUT2D eigenvalue weighted by Crippen LogP contribution is 2.30. The minimum atomic E-state index is -3.75. The van der Waals surface area contributed by atoms with E-state index in [1.807, 2.05) is 0 Å². The number of nitrogens with zero attached hydrogens (tertiary/aromatic N) is 1. The lowest BCUT2D eigenvalue weighted by Crippen LogP contribution is -2.26. The van der Waals surface area contributed by atoms with Crippen LogP contribution in [0.15, 0.2) is 41.3 Å². The standard InChI is InChI=1S/C14H15ClN2O3S/c1-9-7-12(8-13(16)14(9)15)21(19,20)17(2)10-3-5-11(18)6-4-10/h3-8,18H,16H2,1-2H3. The highest BCUT2D eigenvalue weighted by Gasteiger charge is 2.22. The Kier molecular flexibility index (Phi) is 4.02. The monoisotopic (exact) mass is 326 g/mol. The van der Waals surface area contributed by atoms with Crippen LogP contribution in [0.25, 0.3) is 0 Å². The highest BCUT2D eigenvalue weighted by molar-refractivity contribution is 7.92. The lowest BCUT2D eigenvalue weighted by Gasteiger charge is -2.20. The van der Waals surface area contributed by atoms with E-state index in [0.717, 1.165) is 4.31 Å². The molecule has 0 amide bonds. The Labute approximate surface area is 128 Å². The van der Waals surface area contributed by atoms with E-state index in [1.165, 1.54) is 43.4 Å². The molecular formula is C14H15ClN2O3S. The minimum Gasteiger partial charge on any atom is -0.508 e. The molecule has 2 rings (SSSR count). The van der Waals surface area contributed by atoms with Crippen LogP contribution in [0.4, 0.5) is 11.4 Å². The molecule has 5 nitrogen and oxygen atoms in total. The molecule has 0 unspecified atom stereocenters. The zero-order chi connectivity index (χ0) is 15.8. The second-order valence-electron chi connectivity index (χ2n) is 4.63. The number of benzene rings is 2. The zero-order valence-corrected chi connectivity index (χ0v) is 13.1. The fourth-order valence-electron chi connectivity index (χ4n) is 1.87. The van der Waals surface area contributed by atoms with Crippen molar-refractivity contribution in [3.63, 3.8) is 0 Å². The maximum absolute atomic E-state index is 12.6. The van der Waals surface area contributed by atoms with Crippen LogP contribution < -0.4 is 10.0 Å². The molecule has 21 heavy (non-hydrogen) atoms. The van der Waals surface area contributed by atoms with E-state index >= 15 is 0 Å². The van der Waals surface area contributed by atoms with Crippen LogP contribution >= 0.6 is 11.6 Å². The molecule has 0 saturated heterocycles. The normalized spacial score (nSPS) is 11.4. The van der Waals surface area contributed by atoms with Crippen molar-refractivity contribution in [1.82, 2.24) is 0 Å². The number of halogens is 1. The average molecular weight is 327 g/mol. The van der Waals surface area contributed by atoms with Crippen molar-refractivity contribution in [3.05, 3.63) is 47.0 Å². The van der Waals surface area contributed by atoms with E-state index in [-0.39, 0.29) is 16.3 Å². The van der Waals surface area contributed by atoms with Crippen LogP contribution in [0.2, 0.25) is 5.02 Å². The molecule has 3 N–H and O–H groups in total. The number of aromatic hydroxyl groups is 1. The Morgan fingerprint density at radius 3 is 2.29 bits per heavy atom. The predicted octanol–water partition coefficient (Wildman–Crippen LogP) is 2.76. The molecule has 112 valence electrons. The maximum atomic E-state index is 12.6. The van der Waals surface area contributed by atoms with E-state index in [0.29, 0.717) is 16.3 Å². The Bertz CT molecular complexity index is 750. The first-order chi connectivity index (χ1) is 9.73. The number of rotatable bonds is 3. The first kappa shape index (κ1) is 15.5. The van der Waals surface area contributed by atoms with Gasteiger partial charge in [0.1, 0.15) is 5.75 Å². The zero-order valence-electron chi connectivity index (χ0n) is 11.5. The Hall–Kier alpha value is -1.92. The summed E-state index contributed by atoms with van der Waals surface area (Å²) in [5.41, 5.74) is 6.97. The smallest absolute Gasteiger partial charge is 0.264 e. The van der Waals surface area contributed by atoms with Gasteiger partial charge in [0.25, 0.3) is 10.0 Å². The maximum Gasteiger partial charge on any atom is 0.264 e. The number of hydrogen-bond donors (Lipinski definition) is 2. The lowest BCUT2D eigenvalue weighted by molar-refractivity contribution is 0.475. The summed E-state index contributed by atoms with van der Waals surface area (Å²) in [5.74, 6) is 0.0659. The summed E-state index contributed by atoms with van der Waals surface area (Å²) >= 11 is 5.95. The molecular weight excluding hydrogens is 312 g/mol. The molecule has 0 atom stereocenters. The number of phenols is 1. The van der Waals surface area contributed by atoms with Gasteiger partial charge in [0.05, 0.1) is 21.3 Å². The van der Waals surface area contributed by atoms with E-state index in [9.17, 15) is 13.5 Å². The average Bonchev–Trinajstić information content (AvgIpc) is 2.44. The number of nitrogens with two attached hydrogens (primary N) is 1. The molecule has 0 saturated carbocycles. The van der Waals surface area contributed by atoms with Crippen molar-refractivity contribution in [3.8, 4) is 5.75 Å². The fraction of sp³-hybridized carbons (Fsp3) is 0.143. The third-order valence-electron chi connectivity index (χ3n) is 3.13. The molecule has 2 aromatic rings. The molecule has 0 heterocycles. The summed E-state index contributed by atoms with van der Waals surface area (Å²) in [6.07, 6.45) is 0. The van der Waals surface area contributed by atoms with Gasteiger partial charge < -0.3 is 10.8 Å². The summed E-state index contributed by atoms with van der Waals surface area (Å²) in [6, 6.07) is 8.68. The number of aryl methyl sites for hydroxylation is 1. The highest BCUT2D eigenvalue weighted by atomic mass is 35.5. The number of phenolic OH excluding ortho intramolecular Hbond substituents is 1. The van der Waals surface area contributed by atoms with Crippen LogP contribution in [0, 0.1) is 6.92 Å². The number of anilines is 2. The summed E-state index contributed by atoms with van der Waals surface area (Å²) in [6.45, 7) is 1.69. The van der Waals surface area contributed by atoms with Crippen LogP contribution in [-0.4, -0.2) is 20.6 Å². The van der Waals surface area contributed by atoms with E-state index < -0.39 is 10.0 Å². The number of sulfonamides is 1. The van der Waals surface area contributed by atoms with E-state index in [4.69, 9.17) is 17.3 Å². The SMILES string of the molecule is Cc1cc(S(=O)(=O)N(C)c2ccc(O)cc2)cc(N)c1Cl. The minimum absolute atomic E-state index is 0.0659. The largest absolute Gasteiger partial charge is 0.508 e. The number of hydrogen-bond acceptors (Lipinski definition) is 4. The predicted molar refractivity (Wildman–Crippen MR) is 84.3 cm³/mol. The van der Waals surface area contributed by atoms with Gasteiger partial charge in [0, 0.05) is 7.05 Å². The van der Waals surface area contributed by atoms with Gasteiger partial charge in [-0.1, -0.05) is 11.6 Å². The van der Waals surface area contributed by atoms with Gasteiger partial charge in [-0.15, -0.1) is 0 Å². The molecule has 7 heteroatoms. The summed E-state index contributed by atoms with van der Waals surface area (Å²) in [7, 11) is -2.32. The molecule has 2 aromatic carbocycles. The van der Waals surface area contributed by atoms with Gasteiger partial charge in [0.2, 0.25) is 0 Å². The van der Waals surface area contributed by atoms with Gasteiger partial charge in [-0.2, -0.15) is 0 Å². The van der Waals surface area contributed by atoms with Crippen molar-refractivity contribution in [2.75, 3.05) is 17.1 Å². The Balaban J connectivity index is 2.49. The molecule has 0 aromatic heterocycles. The van der Waals surface area contributed by atoms with Crippen LogP contribution in [0.5, 0.6) is 5.75 Å². The van der Waals surface area contributed by atoms with Gasteiger partial charge in [-0.25, -0.2) is 8.42 Å². The first-order valence-corrected chi connectivity index (χ1v) is 7.89. The van der Waals surface area contributed by atoms with Gasteiger partial charge in [-0.3, -0.25) is 4.31 Å². The van der Waals surface area contributed by atoms with Gasteiger partial charge in [-0.05, 0) is 48.9 Å². The van der Waals surface area contributed by atoms with E-state index in [2.05, 4.69) is 0 Å². The number of nitrogen functional groups attached to an aromatic ring is 1. The second-order valence-corrected chi connectivity index (χ2v) is 6.98. The third-order valence-corrected chi connectivity index (χ3v) is 5.41. The van der Waals surface area contributed by atoms with Crippen molar-refractivity contribution in [2.24, 2.45) is 0 Å². The molecule has 0 aliphatic heterocycles. The van der Waals surface area contributed by atoms with Crippen LogP contribution in [0.1, 0.15) is 5.56 Å². The Morgan fingerprint density at radius 1 is 1.19 bits per heavy atom. The summed E-state index contributed by atoms with van der Waals surface area (Å²) in [4.78, 5) is 0.0671. The molecule has 0 aliphatic rings. The fourth-order valence-corrected chi connectivity index (χ4v) is 3.30. The van der Waals surface area contributed by atoms with Crippen molar-refractivity contribution in [2.45, 2.75) is 11.8 Å². The summed E-state index contributed by atoms with van der Waals surface area (Å²) < 4.78 is 26.3. The van der Waals surface area contributed by atoms with E-state index in [1.54, 1.807) is 6.92 Å². The molecule has 0 bridgehead atoms. The molecule has 0 aliphatic carbocycles.